The van der Waals surface area contributed by atoms with E-state index in [1.807, 2.05) is 6.92 Å². The minimum absolute atomic E-state index is 0.334. The first-order chi connectivity index (χ1) is 7.94. The molecule has 0 N–H and O–H groups in total. The van der Waals surface area contributed by atoms with Crippen LogP contribution in [0.15, 0.2) is 16.6 Å². The first-order valence-corrected chi connectivity index (χ1v) is 6.11. The molecule has 1 aromatic carbocycles. The summed E-state index contributed by atoms with van der Waals surface area (Å²) < 4.78 is 16.9. The van der Waals surface area contributed by atoms with Gasteiger partial charge < -0.3 is 14.2 Å². The average Bonchev–Trinajstić information content (AvgIpc) is 2.21. The third-order valence-electron chi connectivity index (χ3n) is 2.26. The molecule has 0 spiro atoms. The molecule has 0 saturated carbocycles. The number of benzene rings is 1. The highest BCUT2D eigenvalue weighted by Gasteiger charge is 2.37. The zero-order chi connectivity index (χ0) is 12.6. The molecular weight excluding hydrogens is 288 g/mol. The molecule has 1 aliphatic rings. The van der Waals surface area contributed by atoms with Crippen molar-refractivity contribution in [1.29, 1.82) is 0 Å². The lowest BCUT2D eigenvalue weighted by molar-refractivity contribution is -0.128. The van der Waals surface area contributed by atoms with Crippen molar-refractivity contribution in [3.8, 4) is 11.5 Å². The van der Waals surface area contributed by atoms with E-state index in [0.717, 1.165) is 0 Å². The van der Waals surface area contributed by atoms with Crippen LogP contribution in [0.1, 0.15) is 31.1 Å². The Hall–Kier alpha value is -1.23. The van der Waals surface area contributed by atoms with E-state index in [9.17, 15) is 4.79 Å². The van der Waals surface area contributed by atoms with Crippen molar-refractivity contribution in [2.24, 2.45) is 0 Å². The fourth-order valence-corrected chi connectivity index (χ4v) is 2.06. The molecule has 0 saturated heterocycles. The number of cyclic esters (lactones) is 1. The Morgan fingerprint density at radius 3 is 2.71 bits per heavy atom. The van der Waals surface area contributed by atoms with Gasteiger partial charge in [0, 0.05) is 13.8 Å². The maximum Gasteiger partial charge on any atom is 0.349 e. The number of fused-ring (bicyclic) bond motifs is 1. The van der Waals surface area contributed by atoms with E-state index in [1.54, 1.807) is 26.0 Å². The molecule has 0 amide bonds. The number of carbonyl (C=O) groups is 1. The van der Waals surface area contributed by atoms with Crippen molar-refractivity contribution in [2.75, 3.05) is 6.61 Å². The molecule has 0 atom stereocenters. The molecule has 1 aliphatic heterocycles. The predicted molar refractivity (Wildman–Crippen MR) is 65.4 cm³/mol. The van der Waals surface area contributed by atoms with Crippen molar-refractivity contribution in [3.63, 3.8) is 0 Å². The first kappa shape index (κ1) is 12.2. The van der Waals surface area contributed by atoms with Crippen LogP contribution in [0.5, 0.6) is 11.5 Å². The smallest absolute Gasteiger partial charge is 0.349 e. The maximum atomic E-state index is 11.9. The summed E-state index contributed by atoms with van der Waals surface area (Å²) in [4.78, 5) is 11.9. The van der Waals surface area contributed by atoms with E-state index in [4.69, 9.17) is 14.2 Å². The Bertz CT molecular complexity index is 468. The standard InChI is InChI=1S/C12H13BrO4/c1-4-15-8-6-5-7(13)10-9(8)11(14)17-12(2,3)16-10/h5-6H,4H2,1-3H3. The second kappa shape index (κ2) is 4.22. The van der Waals surface area contributed by atoms with E-state index in [0.29, 0.717) is 28.1 Å². The molecule has 5 heteroatoms. The normalized spacial score (nSPS) is 16.8. The summed E-state index contributed by atoms with van der Waals surface area (Å²) in [6.07, 6.45) is 0. The number of carbonyl (C=O) groups excluding carboxylic acids is 1. The largest absolute Gasteiger partial charge is 0.493 e. The zero-order valence-corrected chi connectivity index (χ0v) is 11.5. The maximum absolute atomic E-state index is 11.9. The lowest BCUT2D eigenvalue weighted by atomic mass is 10.1. The lowest BCUT2D eigenvalue weighted by Gasteiger charge is -2.32. The van der Waals surface area contributed by atoms with Gasteiger partial charge in [-0.1, -0.05) is 0 Å². The molecule has 17 heavy (non-hydrogen) atoms. The summed E-state index contributed by atoms with van der Waals surface area (Å²) in [5.74, 6) is -0.443. The summed E-state index contributed by atoms with van der Waals surface area (Å²) in [6.45, 7) is 5.71. The van der Waals surface area contributed by atoms with Crippen LogP contribution < -0.4 is 9.47 Å². The summed E-state index contributed by atoms with van der Waals surface area (Å²) >= 11 is 3.36. The van der Waals surface area contributed by atoms with Crippen LogP contribution in [0.4, 0.5) is 0 Å². The zero-order valence-electron chi connectivity index (χ0n) is 9.87. The van der Waals surface area contributed by atoms with E-state index < -0.39 is 11.8 Å². The van der Waals surface area contributed by atoms with Crippen LogP contribution in [0, 0.1) is 0 Å². The number of halogens is 1. The highest BCUT2D eigenvalue weighted by molar-refractivity contribution is 9.10. The molecule has 0 bridgehead atoms. The van der Waals surface area contributed by atoms with Crippen LogP contribution in [0.25, 0.3) is 0 Å². The average molecular weight is 301 g/mol. The Morgan fingerprint density at radius 1 is 1.35 bits per heavy atom. The summed E-state index contributed by atoms with van der Waals surface area (Å²) in [5.41, 5.74) is 0.334. The van der Waals surface area contributed by atoms with Crippen molar-refractivity contribution < 1.29 is 19.0 Å². The molecule has 4 nitrogen and oxygen atoms in total. The van der Waals surface area contributed by atoms with Crippen molar-refractivity contribution in [2.45, 2.75) is 26.6 Å². The molecule has 0 fully saturated rings. The van der Waals surface area contributed by atoms with Gasteiger partial charge in [0.25, 0.3) is 0 Å². The van der Waals surface area contributed by atoms with Gasteiger partial charge in [0.1, 0.15) is 11.3 Å². The molecule has 1 aromatic rings. The van der Waals surface area contributed by atoms with Gasteiger partial charge in [-0.05, 0) is 35.0 Å². The van der Waals surface area contributed by atoms with Gasteiger partial charge in [-0.25, -0.2) is 4.79 Å². The van der Waals surface area contributed by atoms with Gasteiger partial charge in [0.05, 0.1) is 11.1 Å². The Kier molecular flexibility index (Phi) is 3.03. The fourth-order valence-electron chi connectivity index (χ4n) is 1.65. The molecular formula is C12H13BrO4. The monoisotopic (exact) mass is 300 g/mol. The van der Waals surface area contributed by atoms with E-state index >= 15 is 0 Å². The predicted octanol–water partition coefficient (Wildman–Crippen LogP) is 3.13. The Balaban J connectivity index is 2.56. The molecule has 1 heterocycles. The number of rotatable bonds is 2. The lowest BCUT2D eigenvalue weighted by Crippen LogP contribution is -2.39. The van der Waals surface area contributed by atoms with Crippen molar-refractivity contribution in [3.05, 3.63) is 22.2 Å². The second-order valence-corrected chi connectivity index (χ2v) is 4.93. The minimum atomic E-state index is -0.961. The van der Waals surface area contributed by atoms with Crippen LogP contribution in [-0.2, 0) is 4.74 Å². The summed E-state index contributed by atoms with van der Waals surface area (Å²) in [5, 5.41) is 0. The highest BCUT2D eigenvalue weighted by Crippen LogP contribution is 2.41. The molecule has 0 radical (unpaired) electrons. The quantitative estimate of drug-likeness (QED) is 0.787. The minimum Gasteiger partial charge on any atom is -0.493 e. The van der Waals surface area contributed by atoms with E-state index in [1.165, 1.54) is 0 Å². The van der Waals surface area contributed by atoms with Gasteiger partial charge >= 0.3 is 5.97 Å². The van der Waals surface area contributed by atoms with Gasteiger partial charge in [-0.2, -0.15) is 0 Å². The molecule has 92 valence electrons. The molecule has 0 unspecified atom stereocenters. The number of hydrogen-bond acceptors (Lipinski definition) is 4. The molecule has 0 aliphatic carbocycles. The van der Waals surface area contributed by atoms with Crippen LogP contribution in [-0.4, -0.2) is 18.4 Å². The third kappa shape index (κ3) is 2.24. The Labute approximate surface area is 108 Å². The van der Waals surface area contributed by atoms with E-state index in [-0.39, 0.29) is 0 Å². The first-order valence-electron chi connectivity index (χ1n) is 5.32. The molecule has 0 aromatic heterocycles. The van der Waals surface area contributed by atoms with Crippen molar-refractivity contribution in [1.82, 2.24) is 0 Å². The number of esters is 1. The summed E-state index contributed by atoms with van der Waals surface area (Å²) in [7, 11) is 0. The van der Waals surface area contributed by atoms with Gasteiger partial charge in [0.15, 0.2) is 5.75 Å². The summed E-state index contributed by atoms with van der Waals surface area (Å²) in [6, 6.07) is 3.51. The number of hydrogen-bond donors (Lipinski definition) is 0. The van der Waals surface area contributed by atoms with Gasteiger partial charge in [0.2, 0.25) is 5.79 Å². The third-order valence-corrected chi connectivity index (χ3v) is 2.89. The SMILES string of the molecule is CCOc1ccc(Br)c2c1C(=O)OC(C)(C)O2. The highest BCUT2D eigenvalue weighted by atomic mass is 79.9. The van der Waals surface area contributed by atoms with E-state index in [2.05, 4.69) is 15.9 Å². The van der Waals surface area contributed by atoms with Crippen LogP contribution in [0.2, 0.25) is 0 Å². The van der Waals surface area contributed by atoms with Crippen molar-refractivity contribution >= 4 is 21.9 Å². The number of ether oxygens (including phenoxy) is 3. The topological polar surface area (TPSA) is 44.8 Å². The Morgan fingerprint density at radius 2 is 2.06 bits per heavy atom. The molecule has 2 rings (SSSR count). The van der Waals surface area contributed by atoms with Gasteiger partial charge in [-0.3, -0.25) is 0 Å². The fraction of sp³-hybridized carbons (Fsp3) is 0.417. The van der Waals surface area contributed by atoms with Gasteiger partial charge in [-0.15, -0.1) is 0 Å². The van der Waals surface area contributed by atoms with Crippen LogP contribution >= 0.6 is 15.9 Å². The van der Waals surface area contributed by atoms with Crippen LogP contribution in [0.3, 0.4) is 0 Å². The second-order valence-electron chi connectivity index (χ2n) is 4.07.